The number of halogens is 2. The predicted octanol–water partition coefficient (Wildman–Crippen LogP) is 4.61. The summed E-state index contributed by atoms with van der Waals surface area (Å²) in [5.41, 5.74) is 1.84. The Bertz CT molecular complexity index is 602. The molecule has 1 aromatic heterocycles. The van der Waals surface area contributed by atoms with Gasteiger partial charge in [-0.1, -0.05) is 27.5 Å². The van der Waals surface area contributed by atoms with Gasteiger partial charge in [0.2, 0.25) is 5.88 Å². The molecule has 0 fully saturated rings. The van der Waals surface area contributed by atoms with E-state index in [1.165, 1.54) is 0 Å². The maximum atomic E-state index is 6.00. The van der Waals surface area contributed by atoms with Gasteiger partial charge in [0.1, 0.15) is 16.7 Å². The van der Waals surface area contributed by atoms with E-state index in [-0.39, 0.29) is 0 Å². The molecule has 0 saturated heterocycles. The second-order valence-electron chi connectivity index (χ2n) is 4.00. The molecular formula is C13H12BrClN2O. The van der Waals surface area contributed by atoms with Crippen molar-refractivity contribution in [3.05, 3.63) is 44.8 Å². The zero-order chi connectivity index (χ0) is 13.3. The fourth-order valence-electron chi connectivity index (χ4n) is 1.46. The highest BCUT2D eigenvalue weighted by molar-refractivity contribution is 9.10. The number of nitrogens with zero attached hydrogens (tertiary/aromatic N) is 2. The summed E-state index contributed by atoms with van der Waals surface area (Å²) in [6.45, 7) is 5.62. The summed E-state index contributed by atoms with van der Waals surface area (Å²) in [4.78, 5) is 8.33. The number of benzene rings is 1. The zero-order valence-corrected chi connectivity index (χ0v) is 12.6. The van der Waals surface area contributed by atoms with Crippen molar-refractivity contribution < 1.29 is 4.74 Å². The van der Waals surface area contributed by atoms with Crippen LogP contribution < -0.4 is 4.74 Å². The lowest BCUT2D eigenvalue weighted by atomic mass is 10.2. The fraction of sp³-hybridized carbons (Fsp3) is 0.231. The summed E-state index contributed by atoms with van der Waals surface area (Å²) in [6.07, 6.45) is 0. The van der Waals surface area contributed by atoms with Gasteiger partial charge in [0, 0.05) is 10.0 Å². The quantitative estimate of drug-likeness (QED) is 0.756. The molecular weight excluding hydrogens is 316 g/mol. The molecule has 1 heterocycles. The molecule has 0 radical (unpaired) electrons. The Hall–Kier alpha value is -1.13. The number of ether oxygens (including phenoxy) is 1. The molecule has 94 valence electrons. The minimum atomic E-state index is 0.423. The van der Waals surface area contributed by atoms with Crippen molar-refractivity contribution in [3.63, 3.8) is 0 Å². The molecule has 18 heavy (non-hydrogen) atoms. The third-order valence-corrected chi connectivity index (χ3v) is 3.76. The predicted molar refractivity (Wildman–Crippen MR) is 75.5 cm³/mol. The van der Waals surface area contributed by atoms with Crippen molar-refractivity contribution in [2.45, 2.75) is 20.8 Å². The van der Waals surface area contributed by atoms with Crippen LogP contribution in [-0.4, -0.2) is 9.97 Å². The van der Waals surface area contributed by atoms with Gasteiger partial charge < -0.3 is 4.74 Å². The van der Waals surface area contributed by atoms with Crippen LogP contribution in [0.3, 0.4) is 0 Å². The van der Waals surface area contributed by atoms with Gasteiger partial charge >= 0.3 is 0 Å². The van der Waals surface area contributed by atoms with Gasteiger partial charge in [-0.3, -0.25) is 0 Å². The minimum Gasteiger partial charge on any atom is -0.439 e. The van der Waals surface area contributed by atoms with Crippen molar-refractivity contribution in [2.75, 3.05) is 0 Å². The lowest BCUT2D eigenvalue weighted by Gasteiger charge is -2.10. The number of hydrogen-bond donors (Lipinski definition) is 0. The van der Waals surface area contributed by atoms with Crippen LogP contribution in [0.15, 0.2) is 22.7 Å². The molecule has 0 amide bonds. The van der Waals surface area contributed by atoms with Gasteiger partial charge in [-0.25, -0.2) is 4.98 Å². The SMILES string of the molecule is Cc1nc(Cl)c(C)c(Oc2ccc(Br)c(C)c2)n1. The summed E-state index contributed by atoms with van der Waals surface area (Å²) in [5.74, 6) is 1.82. The van der Waals surface area contributed by atoms with E-state index < -0.39 is 0 Å². The van der Waals surface area contributed by atoms with E-state index >= 15 is 0 Å². The second-order valence-corrected chi connectivity index (χ2v) is 5.22. The normalized spacial score (nSPS) is 10.5. The summed E-state index contributed by atoms with van der Waals surface area (Å²) >= 11 is 9.45. The van der Waals surface area contributed by atoms with Crippen molar-refractivity contribution in [1.82, 2.24) is 9.97 Å². The molecule has 0 aliphatic heterocycles. The Balaban J connectivity index is 2.36. The third kappa shape index (κ3) is 2.82. The average molecular weight is 328 g/mol. The first-order valence-corrected chi connectivity index (χ1v) is 6.59. The summed E-state index contributed by atoms with van der Waals surface area (Å²) in [7, 11) is 0. The molecule has 3 nitrogen and oxygen atoms in total. The van der Waals surface area contributed by atoms with Gasteiger partial charge in [-0.15, -0.1) is 0 Å². The molecule has 0 bridgehead atoms. The monoisotopic (exact) mass is 326 g/mol. The van der Waals surface area contributed by atoms with Crippen LogP contribution in [0.4, 0.5) is 0 Å². The van der Waals surface area contributed by atoms with E-state index in [0.29, 0.717) is 16.9 Å². The molecule has 1 aromatic carbocycles. The molecule has 0 atom stereocenters. The number of aromatic nitrogens is 2. The van der Waals surface area contributed by atoms with E-state index in [9.17, 15) is 0 Å². The first kappa shape index (κ1) is 13.3. The topological polar surface area (TPSA) is 35.0 Å². The van der Waals surface area contributed by atoms with Gasteiger partial charge in [-0.05, 0) is 44.5 Å². The highest BCUT2D eigenvalue weighted by atomic mass is 79.9. The summed E-state index contributed by atoms with van der Waals surface area (Å²) in [6, 6.07) is 5.76. The maximum Gasteiger partial charge on any atom is 0.226 e. The zero-order valence-electron chi connectivity index (χ0n) is 10.3. The molecule has 2 aromatic rings. The molecule has 5 heteroatoms. The van der Waals surface area contributed by atoms with Crippen LogP contribution in [0.2, 0.25) is 5.15 Å². The fourth-order valence-corrected chi connectivity index (χ4v) is 1.91. The van der Waals surface area contributed by atoms with Crippen LogP contribution in [0, 0.1) is 20.8 Å². The Kier molecular flexibility index (Phi) is 3.88. The Morgan fingerprint density at radius 2 is 1.89 bits per heavy atom. The van der Waals surface area contributed by atoms with E-state index in [2.05, 4.69) is 25.9 Å². The van der Waals surface area contributed by atoms with Crippen LogP contribution in [0.5, 0.6) is 11.6 Å². The van der Waals surface area contributed by atoms with Crippen LogP contribution in [-0.2, 0) is 0 Å². The van der Waals surface area contributed by atoms with Gasteiger partial charge in [0.05, 0.1) is 0 Å². The Morgan fingerprint density at radius 1 is 1.17 bits per heavy atom. The molecule has 0 saturated carbocycles. The van der Waals surface area contributed by atoms with Gasteiger partial charge in [-0.2, -0.15) is 4.98 Å². The average Bonchev–Trinajstić information content (AvgIpc) is 2.30. The van der Waals surface area contributed by atoms with Crippen LogP contribution >= 0.6 is 27.5 Å². The van der Waals surface area contributed by atoms with E-state index in [1.54, 1.807) is 6.92 Å². The standard InChI is InChI=1S/C13H12BrClN2O/c1-7-6-10(4-5-11(7)14)18-13-8(2)12(15)16-9(3)17-13/h4-6H,1-3H3. The van der Waals surface area contributed by atoms with Crippen molar-refractivity contribution in [3.8, 4) is 11.6 Å². The van der Waals surface area contributed by atoms with E-state index in [0.717, 1.165) is 21.3 Å². The number of aryl methyl sites for hydroxylation is 2. The highest BCUT2D eigenvalue weighted by Gasteiger charge is 2.10. The molecule has 0 aliphatic rings. The molecule has 0 N–H and O–H groups in total. The Morgan fingerprint density at radius 3 is 2.56 bits per heavy atom. The van der Waals surface area contributed by atoms with Gasteiger partial charge in [0.15, 0.2) is 0 Å². The lowest BCUT2D eigenvalue weighted by molar-refractivity contribution is 0.455. The first-order chi connectivity index (χ1) is 8.47. The first-order valence-electron chi connectivity index (χ1n) is 5.42. The molecule has 0 aliphatic carbocycles. The summed E-state index contributed by atoms with van der Waals surface area (Å²) in [5, 5.41) is 0.423. The van der Waals surface area contributed by atoms with E-state index in [1.807, 2.05) is 32.0 Å². The number of rotatable bonds is 2. The lowest BCUT2D eigenvalue weighted by Crippen LogP contribution is -1.97. The molecule has 0 unspecified atom stereocenters. The third-order valence-electron chi connectivity index (χ3n) is 2.50. The molecule has 2 rings (SSSR count). The molecule has 0 spiro atoms. The Labute approximate surface area is 119 Å². The smallest absolute Gasteiger partial charge is 0.226 e. The second kappa shape index (κ2) is 5.24. The maximum absolute atomic E-state index is 6.00. The van der Waals surface area contributed by atoms with Crippen LogP contribution in [0.1, 0.15) is 17.0 Å². The van der Waals surface area contributed by atoms with Crippen molar-refractivity contribution in [1.29, 1.82) is 0 Å². The highest BCUT2D eigenvalue weighted by Crippen LogP contribution is 2.29. The van der Waals surface area contributed by atoms with Crippen LogP contribution in [0.25, 0.3) is 0 Å². The van der Waals surface area contributed by atoms with Gasteiger partial charge in [0.25, 0.3) is 0 Å². The number of hydrogen-bond acceptors (Lipinski definition) is 3. The van der Waals surface area contributed by atoms with Crippen molar-refractivity contribution >= 4 is 27.5 Å². The summed E-state index contributed by atoms with van der Waals surface area (Å²) < 4.78 is 6.80. The van der Waals surface area contributed by atoms with Crippen molar-refractivity contribution in [2.24, 2.45) is 0 Å². The minimum absolute atomic E-state index is 0.423. The largest absolute Gasteiger partial charge is 0.439 e. The van der Waals surface area contributed by atoms with E-state index in [4.69, 9.17) is 16.3 Å².